The van der Waals surface area contributed by atoms with E-state index < -0.39 is 6.10 Å². The van der Waals surface area contributed by atoms with Gasteiger partial charge in [0.05, 0.1) is 11.8 Å². The Morgan fingerprint density at radius 3 is 2.80 bits per heavy atom. The van der Waals surface area contributed by atoms with Crippen LogP contribution in [-0.2, 0) is 0 Å². The van der Waals surface area contributed by atoms with Crippen LogP contribution >= 0.6 is 15.9 Å². The minimum atomic E-state index is -0.404. The minimum Gasteiger partial charge on any atom is -0.389 e. The van der Waals surface area contributed by atoms with Gasteiger partial charge in [0.25, 0.3) is 0 Å². The van der Waals surface area contributed by atoms with Gasteiger partial charge < -0.3 is 10.0 Å². The zero-order valence-electron chi connectivity index (χ0n) is 12.6. The van der Waals surface area contributed by atoms with Crippen LogP contribution in [0, 0.1) is 5.92 Å². The predicted octanol–water partition coefficient (Wildman–Crippen LogP) is 4.91. The van der Waals surface area contributed by atoms with Crippen molar-refractivity contribution in [2.45, 2.75) is 52.1 Å². The van der Waals surface area contributed by atoms with Crippen molar-refractivity contribution in [3.05, 3.63) is 28.2 Å². The molecule has 0 radical (unpaired) electrons. The van der Waals surface area contributed by atoms with Crippen molar-refractivity contribution in [3.63, 3.8) is 0 Å². The third-order valence-electron chi connectivity index (χ3n) is 4.34. The van der Waals surface area contributed by atoms with Gasteiger partial charge in [0.1, 0.15) is 0 Å². The van der Waals surface area contributed by atoms with Gasteiger partial charge in [-0.15, -0.1) is 0 Å². The summed E-state index contributed by atoms with van der Waals surface area (Å²) >= 11 is 3.67. The molecule has 1 N–H and O–H groups in total. The number of rotatable bonds is 4. The molecule has 2 rings (SSSR count). The van der Waals surface area contributed by atoms with Crippen LogP contribution in [0.25, 0.3) is 0 Å². The van der Waals surface area contributed by atoms with Gasteiger partial charge in [-0.3, -0.25) is 0 Å². The van der Waals surface area contributed by atoms with E-state index in [9.17, 15) is 5.11 Å². The second-order valence-corrected chi connectivity index (χ2v) is 6.81. The van der Waals surface area contributed by atoms with Gasteiger partial charge in [0, 0.05) is 17.6 Å². The van der Waals surface area contributed by atoms with E-state index in [0.717, 1.165) is 29.0 Å². The van der Waals surface area contributed by atoms with Crippen LogP contribution < -0.4 is 4.90 Å². The van der Waals surface area contributed by atoms with Crippen molar-refractivity contribution < 1.29 is 5.11 Å². The summed E-state index contributed by atoms with van der Waals surface area (Å²) in [5.74, 6) is 0.903. The fraction of sp³-hybridized carbons (Fsp3) is 0.647. The first kappa shape index (κ1) is 15.8. The van der Waals surface area contributed by atoms with Gasteiger partial charge in [-0.25, -0.2) is 0 Å². The van der Waals surface area contributed by atoms with Crippen molar-refractivity contribution in [3.8, 4) is 0 Å². The third kappa shape index (κ3) is 3.98. The maximum atomic E-state index is 9.65. The fourth-order valence-corrected chi connectivity index (χ4v) is 3.79. The van der Waals surface area contributed by atoms with E-state index in [1.807, 2.05) is 13.0 Å². The number of hydrogen-bond acceptors (Lipinski definition) is 2. The van der Waals surface area contributed by atoms with Gasteiger partial charge in [0.2, 0.25) is 0 Å². The molecule has 1 unspecified atom stereocenters. The molecule has 0 aromatic heterocycles. The molecule has 1 aromatic carbocycles. The molecule has 0 aliphatic carbocycles. The van der Waals surface area contributed by atoms with Gasteiger partial charge in [-0.2, -0.15) is 0 Å². The highest BCUT2D eigenvalue weighted by molar-refractivity contribution is 9.10. The molecule has 20 heavy (non-hydrogen) atoms. The second kappa shape index (κ2) is 7.46. The van der Waals surface area contributed by atoms with Crippen LogP contribution in [-0.4, -0.2) is 18.2 Å². The highest BCUT2D eigenvalue weighted by Gasteiger charge is 2.18. The highest BCUT2D eigenvalue weighted by Crippen LogP contribution is 2.32. The summed E-state index contributed by atoms with van der Waals surface area (Å²) in [6.07, 6.45) is 6.23. The molecule has 0 bridgehead atoms. The lowest BCUT2D eigenvalue weighted by molar-refractivity contribution is 0.199. The Morgan fingerprint density at radius 2 is 2.15 bits per heavy atom. The Balaban J connectivity index is 2.07. The number of halogens is 1. The monoisotopic (exact) mass is 339 g/mol. The zero-order valence-corrected chi connectivity index (χ0v) is 14.2. The molecule has 1 heterocycles. The first-order chi connectivity index (χ1) is 9.61. The van der Waals surface area contributed by atoms with Crippen molar-refractivity contribution in [1.82, 2.24) is 0 Å². The van der Waals surface area contributed by atoms with Gasteiger partial charge >= 0.3 is 0 Å². The number of aliphatic hydroxyl groups excluding tert-OH is 1. The zero-order chi connectivity index (χ0) is 14.5. The van der Waals surface area contributed by atoms with Gasteiger partial charge in [0.15, 0.2) is 0 Å². The molecular formula is C17H26BrNO. The standard InChI is InChI=1S/C17H26BrNO/c1-3-5-14-6-4-10-19(11-9-14)17-8-7-15(13(2)20)12-16(17)18/h7-8,12-14,20H,3-6,9-11H2,1-2H3/t13-,14?/m1/s1. The highest BCUT2D eigenvalue weighted by atomic mass is 79.9. The lowest BCUT2D eigenvalue weighted by Crippen LogP contribution is -2.24. The van der Waals surface area contributed by atoms with E-state index in [4.69, 9.17) is 0 Å². The summed E-state index contributed by atoms with van der Waals surface area (Å²) < 4.78 is 1.10. The van der Waals surface area contributed by atoms with E-state index in [-0.39, 0.29) is 0 Å². The summed E-state index contributed by atoms with van der Waals surface area (Å²) in [6, 6.07) is 6.24. The first-order valence-corrected chi connectivity index (χ1v) is 8.63. The third-order valence-corrected chi connectivity index (χ3v) is 4.97. The maximum Gasteiger partial charge on any atom is 0.0762 e. The van der Waals surface area contributed by atoms with Gasteiger partial charge in [-0.05, 0) is 65.7 Å². The van der Waals surface area contributed by atoms with E-state index >= 15 is 0 Å². The van der Waals surface area contributed by atoms with Crippen molar-refractivity contribution in [2.24, 2.45) is 5.92 Å². The van der Waals surface area contributed by atoms with Crippen molar-refractivity contribution >= 4 is 21.6 Å². The predicted molar refractivity (Wildman–Crippen MR) is 89.2 cm³/mol. The Morgan fingerprint density at radius 1 is 1.35 bits per heavy atom. The minimum absolute atomic E-state index is 0.404. The normalized spacial score (nSPS) is 21.6. The number of nitrogens with zero attached hydrogens (tertiary/aromatic N) is 1. The molecule has 112 valence electrons. The number of aliphatic hydroxyl groups is 1. The lowest BCUT2D eigenvalue weighted by Gasteiger charge is -2.25. The molecule has 0 amide bonds. The number of anilines is 1. The lowest BCUT2D eigenvalue weighted by atomic mass is 9.96. The molecule has 1 aromatic rings. The average Bonchev–Trinajstić information content (AvgIpc) is 2.65. The average molecular weight is 340 g/mol. The van der Waals surface area contributed by atoms with Crippen LogP contribution in [0.1, 0.15) is 57.6 Å². The SMILES string of the molecule is CCCC1CCCN(c2ccc([C@@H](C)O)cc2Br)CC1. The van der Waals surface area contributed by atoms with Crippen molar-refractivity contribution in [2.75, 3.05) is 18.0 Å². The Bertz CT molecular complexity index is 433. The quantitative estimate of drug-likeness (QED) is 0.842. The van der Waals surface area contributed by atoms with E-state index in [2.05, 4.69) is 39.9 Å². The smallest absolute Gasteiger partial charge is 0.0762 e. The number of benzene rings is 1. The van der Waals surface area contributed by atoms with Crippen molar-refractivity contribution in [1.29, 1.82) is 0 Å². The summed E-state index contributed by atoms with van der Waals surface area (Å²) in [5, 5.41) is 9.65. The summed E-state index contributed by atoms with van der Waals surface area (Å²) in [4.78, 5) is 2.49. The summed E-state index contributed by atoms with van der Waals surface area (Å²) in [6.45, 7) is 6.39. The number of hydrogen-bond donors (Lipinski definition) is 1. The first-order valence-electron chi connectivity index (χ1n) is 7.84. The van der Waals surface area contributed by atoms with E-state index in [1.54, 1.807) is 0 Å². The molecule has 1 saturated heterocycles. The molecule has 3 heteroatoms. The maximum absolute atomic E-state index is 9.65. The van der Waals surface area contributed by atoms with Crippen LogP contribution in [0.15, 0.2) is 22.7 Å². The van der Waals surface area contributed by atoms with Crippen LogP contribution in [0.3, 0.4) is 0 Å². The molecule has 0 saturated carbocycles. The van der Waals surface area contributed by atoms with Crippen LogP contribution in [0.2, 0.25) is 0 Å². The molecule has 2 nitrogen and oxygen atoms in total. The Labute approximate surface area is 131 Å². The summed E-state index contributed by atoms with van der Waals surface area (Å²) in [5.41, 5.74) is 2.24. The van der Waals surface area contributed by atoms with E-state index in [1.165, 1.54) is 37.8 Å². The molecule has 2 atom stereocenters. The molecule has 0 spiro atoms. The molecular weight excluding hydrogens is 314 g/mol. The summed E-state index contributed by atoms with van der Waals surface area (Å²) in [7, 11) is 0. The van der Waals surface area contributed by atoms with Gasteiger partial charge in [-0.1, -0.05) is 25.8 Å². The van der Waals surface area contributed by atoms with E-state index in [0.29, 0.717) is 0 Å². The van der Waals surface area contributed by atoms with Crippen LogP contribution in [0.4, 0.5) is 5.69 Å². The Kier molecular flexibility index (Phi) is 5.91. The molecule has 1 fully saturated rings. The topological polar surface area (TPSA) is 23.5 Å². The molecule has 1 aliphatic heterocycles. The fourth-order valence-electron chi connectivity index (χ4n) is 3.14. The Hall–Kier alpha value is -0.540. The second-order valence-electron chi connectivity index (χ2n) is 5.96. The largest absolute Gasteiger partial charge is 0.389 e. The van der Waals surface area contributed by atoms with Crippen LogP contribution in [0.5, 0.6) is 0 Å². The molecule has 1 aliphatic rings.